The molecule has 0 amide bonds. The lowest BCUT2D eigenvalue weighted by molar-refractivity contribution is 0.0696. The van der Waals surface area contributed by atoms with Crippen LogP contribution in [-0.2, 0) is 0 Å². The van der Waals surface area contributed by atoms with Gasteiger partial charge in [0.25, 0.3) is 0 Å². The highest BCUT2D eigenvalue weighted by molar-refractivity contribution is 6.39. The van der Waals surface area contributed by atoms with Gasteiger partial charge >= 0.3 is 5.97 Å². The highest BCUT2D eigenvalue weighted by atomic mass is 35.5. The highest BCUT2D eigenvalue weighted by Gasteiger charge is 2.30. The molecule has 1 aliphatic carbocycles. The van der Waals surface area contributed by atoms with Gasteiger partial charge in [-0.15, -0.1) is 0 Å². The van der Waals surface area contributed by atoms with Crippen LogP contribution in [0.5, 0.6) is 0 Å². The molecule has 1 heterocycles. The number of halogens is 1. The summed E-state index contributed by atoms with van der Waals surface area (Å²) in [5, 5.41) is 12.6. The van der Waals surface area contributed by atoms with E-state index in [4.69, 9.17) is 16.7 Å². The second-order valence-corrected chi connectivity index (χ2v) is 7.60. The zero-order chi connectivity index (χ0) is 21.3. The lowest BCUT2D eigenvalue weighted by atomic mass is 9.93. The number of pyridine rings is 1. The number of aromatic carboxylic acids is 1. The molecule has 5 nitrogen and oxygen atoms in total. The molecular weight excluding hydrogens is 400 g/mol. The maximum absolute atomic E-state index is 13.3. The summed E-state index contributed by atoms with van der Waals surface area (Å²) in [7, 11) is 0. The number of ketones is 1. The van der Waals surface area contributed by atoms with Gasteiger partial charge in [-0.05, 0) is 66.8 Å². The summed E-state index contributed by atoms with van der Waals surface area (Å²) >= 11 is 6.40. The van der Waals surface area contributed by atoms with Crippen LogP contribution in [0.3, 0.4) is 0 Å². The second kappa shape index (κ2) is 8.13. The molecule has 4 rings (SSSR count). The molecule has 150 valence electrons. The number of hydrogen-bond donors (Lipinski definition) is 2. The molecule has 6 heteroatoms. The number of carbonyl (C=O) groups excluding carboxylic acids is 1. The van der Waals surface area contributed by atoms with Crippen LogP contribution in [0.15, 0.2) is 67.4 Å². The Hall–Kier alpha value is -3.44. The van der Waals surface area contributed by atoms with Gasteiger partial charge in [-0.3, -0.25) is 4.79 Å². The Morgan fingerprint density at radius 1 is 1.07 bits per heavy atom. The summed E-state index contributed by atoms with van der Waals surface area (Å²) in [6.45, 7) is 4.04. The summed E-state index contributed by atoms with van der Waals surface area (Å²) < 4.78 is 0. The van der Waals surface area contributed by atoms with Gasteiger partial charge < -0.3 is 10.4 Å². The SMILES string of the molecule is C=C(C(=O)c1c(Cl)cccc1C1CC1)c1cccnc1Nc1ccc(C(=O)O)cc1. The van der Waals surface area contributed by atoms with E-state index in [1.165, 1.54) is 12.1 Å². The number of nitrogens with zero attached hydrogens (tertiary/aromatic N) is 1. The lowest BCUT2D eigenvalue weighted by Gasteiger charge is -2.15. The van der Waals surface area contributed by atoms with Crippen molar-refractivity contribution in [3.05, 3.63) is 94.6 Å². The van der Waals surface area contributed by atoms with Crippen LogP contribution in [0.4, 0.5) is 11.5 Å². The van der Waals surface area contributed by atoms with E-state index in [1.54, 1.807) is 36.5 Å². The number of carboxylic acids is 1. The molecule has 30 heavy (non-hydrogen) atoms. The number of carbonyl (C=O) groups is 2. The normalized spacial score (nSPS) is 13.0. The van der Waals surface area contributed by atoms with Crippen molar-refractivity contribution in [1.82, 2.24) is 4.98 Å². The third kappa shape index (κ3) is 3.98. The Kier molecular flexibility index (Phi) is 5.38. The van der Waals surface area contributed by atoms with Gasteiger partial charge in [0.2, 0.25) is 0 Å². The van der Waals surface area contributed by atoms with Crippen LogP contribution < -0.4 is 5.32 Å². The molecule has 1 fully saturated rings. The number of Topliss-reactive ketones (excluding diaryl/α,β-unsaturated/α-hetero) is 1. The molecule has 2 aromatic carbocycles. The van der Waals surface area contributed by atoms with Gasteiger partial charge in [0, 0.05) is 28.6 Å². The number of nitrogens with one attached hydrogen (secondary N) is 1. The van der Waals surface area contributed by atoms with E-state index < -0.39 is 5.97 Å². The van der Waals surface area contributed by atoms with E-state index in [1.807, 2.05) is 12.1 Å². The smallest absolute Gasteiger partial charge is 0.335 e. The quantitative estimate of drug-likeness (QED) is 0.366. The maximum atomic E-state index is 13.3. The molecule has 2 N–H and O–H groups in total. The zero-order valence-corrected chi connectivity index (χ0v) is 16.8. The minimum atomic E-state index is -0.995. The number of rotatable bonds is 7. The maximum Gasteiger partial charge on any atom is 0.335 e. The molecule has 0 spiro atoms. The molecule has 1 saturated carbocycles. The number of aromatic nitrogens is 1. The van der Waals surface area contributed by atoms with Gasteiger partial charge in [0.15, 0.2) is 5.78 Å². The molecule has 1 aliphatic rings. The van der Waals surface area contributed by atoms with Crippen LogP contribution in [0.1, 0.15) is 50.6 Å². The molecule has 1 aromatic heterocycles. The summed E-state index contributed by atoms with van der Waals surface area (Å²) in [5.74, 6) is -0.390. The van der Waals surface area contributed by atoms with E-state index in [9.17, 15) is 9.59 Å². The molecule has 3 aromatic rings. The molecule has 0 unspecified atom stereocenters. The molecule has 0 atom stereocenters. The molecular formula is C24H19ClN2O3. The first-order chi connectivity index (χ1) is 14.5. The fourth-order valence-electron chi connectivity index (χ4n) is 3.37. The van der Waals surface area contributed by atoms with E-state index in [2.05, 4.69) is 16.9 Å². The van der Waals surface area contributed by atoms with Crippen molar-refractivity contribution in [1.29, 1.82) is 0 Å². The van der Waals surface area contributed by atoms with Crippen molar-refractivity contribution in [3.63, 3.8) is 0 Å². The average molecular weight is 419 g/mol. The van der Waals surface area contributed by atoms with Crippen molar-refractivity contribution >= 4 is 40.4 Å². The van der Waals surface area contributed by atoms with Crippen LogP contribution in [0.25, 0.3) is 5.57 Å². The Morgan fingerprint density at radius 2 is 1.80 bits per heavy atom. The van der Waals surface area contributed by atoms with Gasteiger partial charge in [-0.2, -0.15) is 0 Å². The summed E-state index contributed by atoms with van der Waals surface area (Å²) in [4.78, 5) is 28.7. The van der Waals surface area contributed by atoms with E-state index >= 15 is 0 Å². The third-order valence-electron chi connectivity index (χ3n) is 5.09. The highest BCUT2D eigenvalue weighted by Crippen LogP contribution is 2.44. The number of allylic oxidation sites excluding steroid dienone is 1. The molecule has 0 bridgehead atoms. The first kappa shape index (κ1) is 19.9. The predicted molar refractivity (Wildman–Crippen MR) is 118 cm³/mol. The minimum absolute atomic E-state index is 0.188. The third-order valence-corrected chi connectivity index (χ3v) is 5.41. The van der Waals surface area contributed by atoms with Crippen molar-refractivity contribution in [2.75, 3.05) is 5.32 Å². The number of carboxylic acid groups (broad SMARTS) is 1. The van der Waals surface area contributed by atoms with Crippen LogP contribution in [-0.4, -0.2) is 21.8 Å². The minimum Gasteiger partial charge on any atom is -0.478 e. The Labute approximate surface area is 179 Å². The molecule has 0 radical (unpaired) electrons. The fraction of sp³-hybridized carbons (Fsp3) is 0.125. The molecule has 0 aliphatic heterocycles. The van der Waals surface area contributed by atoms with Crippen molar-refractivity contribution in [3.8, 4) is 0 Å². The first-order valence-electron chi connectivity index (χ1n) is 9.53. The average Bonchev–Trinajstić information content (AvgIpc) is 3.59. The number of hydrogen-bond acceptors (Lipinski definition) is 4. The topological polar surface area (TPSA) is 79.3 Å². The van der Waals surface area contributed by atoms with Crippen molar-refractivity contribution < 1.29 is 14.7 Å². The van der Waals surface area contributed by atoms with E-state index in [0.717, 1.165) is 18.4 Å². The van der Waals surface area contributed by atoms with Crippen LogP contribution >= 0.6 is 11.6 Å². The van der Waals surface area contributed by atoms with Gasteiger partial charge in [-0.1, -0.05) is 30.3 Å². The Morgan fingerprint density at radius 3 is 2.47 bits per heavy atom. The largest absolute Gasteiger partial charge is 0.478 e. The number of benzene rings is 2. The number of anilines is 2. The van der Waals surface area contributed by atoms with Crippen LogP contribution in [0.2, 0.25) is 5.02 Å². The standard InChI is InChI=1S/C24H19ClN2O3/c1-14(22(28)21-19(15-7-8-15)4-2-6-20(21)25)18-5-3-13-26-23(18)27-17-11-9-16(10-12-17)24(29)30/h2-6,9-13,15H,1,7-8H2,(H,26,27)(H,29,30). The Balaban J connectivity index is 1.64. The van der Waals surface area contributed by atoms with Crippen molar-refractivity contribution in [2.45, 2.75) is 18.8 Å². The summed E-state index contributed by atoms with van der Waals surface area (Å²) in [5.41, 5.74) is 3.17. The van der Waals surface area contributed by atoms with E-state index in [0.29, 0.717) is 39.1 Å². The van der Waals surface area contributed by atoms with Crippen LogP contribution in [0, 0.1) is 0 Å². The Bertz CT molecular complexity index is 1150. The van der Waals surface area contributed by atoms with Gasteiger partial charge in [0.05, 0.1) is 10.6 Å². The fourth-order valence-corrected chi connectivity index (χ4v) is 3.64. The molecule has 0 saturated heterocycles. The monoisotopic (exact) mass is 418 g/mol. The predicted octanol–water partition coefficient (Wildman–Crippen LogP) is 5.95. The first-order valence-corrected chi connectivity index (χ1v) is 9.91. The summed E-state index contributed by atoms with van der Waals surface area (Å²) in [6, 6.07) is 15.3. The van der Waals surface area contributed by atoms with E-state index in [-0.39, 0.29) is 11.3 Å². The lowest BCUT2D eigenvalue weighted by Crippen LogP contribution is -2.08. The van der Waals surface area contributed by atoms with Gasteiger partial charge in [0.1, 0.15) is 5.82 Å². The zero-order valence-electron chi connectivity index (χ0n) is 16.1. The second-order valence-electron chi connectivity index (χ2n) is 7.19. The van der Waals surface area contributed by atoms with Crippen molar-refractivity contribution in [2.24, 2.45) is 0 Å². The summed E-state index contributed by atoms with van der Waals surface area (Å²) in [6.07, 6.45) is 3.72. The van der Waals surface area contributed by atoms with Gasteiger partial charge in [-0.25, -0.2) is 9.78 Å².